The fraction of sp³-hybridized carbons (Fsp3) is 0.857. The van der Waals surface area contributed by atoms with Crippen LogP contribution in [0.2, 0.25) is 0 Å². The van der Waals surface area contributed by atoms with Gasteiger partial charge in [-0.3, -0.25) is 0 Å². The Balaban J connectivity index is 1.86. The molecule has 19 heavy (non-hydrogen) atoms. The highest BCUT2D eigenvalue weighted by atomic mass is 16.4. The van der Waals surface area contributed by atoms with Crippen molar-refractivity contribution in [2.24, 2.45) is 11.8 Å². The second kappa shape index (κ2) is 6.37. The Bertz CT molecular complexity index is 391. The number of nitrogens with one attached hydrogen (secondary N) is 2. The molecule has 0 saturated heterocycles. The second-order valence-corrected chi connectivity index (χ2v) is 5.89. The SMILES string of the molecule is CCC1CCC(Nc2nnc(CNC(C)C)o2)C1C. The van der Waals surface area contributed by atoms with Gasteiger partial charge in [0.2, 0.25) is 5.89 Å². The van der Waals surface area contributed by atoms with Crippen molar-refractivity contribution < 1.29 is 4.42 Å². The van der Waals surface area contributed by atoms with E-state index in [-0.39, 0.29) is 0 Å². The van der Waals surface area contributed by atoms with Gasteiger partial charge in [0.05, 0.1) is 6.54 Å². The average molecular weight is 266 g/mol. The van der Waals surface area contributed by atoms with Crippen molar-refractivity contribution in [2.75, 3.05) is 5.32 Å². The lowest BCUT2D eigenvalue weighted by Gasteiger charge is -2.19. The third-order valence-electron chi connectivity index (χ3n) is 4.19. The molecule has 1 aliphatic carbocycles. The maximum Gasteiger partial charge on any atom is 0.315 e. The van der Waals surface area contributed by atoms with E-state index in [4.69, 9.17) is 4.42 Å². The summed E-state index contributed by atoms with van der Waals surface area (Å²) in [6.07, 6.45) is 3.75. The lowest BCUT2D eigenvalue weighted by molar-refractivity contribution is 0.385. The van der Waals surface area contributed by atoms with Crippen LogP contribution in [0, 0.1) is 11.8 Å². The van der Waals surface area contributed by atoms with E-state index in [1.54, 1.807) is 0 Å². The van der Waals surface area contributed by atoms with Crippen molar-refractivity contribution in [1.82, 2.24) is 15.5 Å². The third kappa shape index (κ3) is 3.69. The fourth-order valence-electron chi connectivity index (χ4n) is 2.86. The van der Waals surface area contributed by atoms with Gasteiger partial charge in [0.15, 0.2) is 0 Å². The van der Waals surface area contributed by atoms with Gasteiger partial charge in [0.25, 0.3) is 0 Å². The highest BCUT2D eigenvalue weighted by Gasteiger charge is 2.32. The van der Waals surface area contributed by atoms with Crippen LogP contribution in [0.1, 0.15) is 52.8 Å². The molecule has 108 valence electrons. The molecule has 0 radical (unpaired) electrons. The Morgan fingerprint density at radius 3 is 2.74 bits per heavy atom. The first-order valence-corrected chi connectivity index (χ1v) is 7.42. The van der Waals surface area contributed by atoms with Crippen LogP contribution in [0.15, 0.2) is 4.42 Å². The highest BCUT2D eigenvalue weighted by Crippen LogP contribution is 2.35. The molecule has 2 N–H and O–H groups in total. The van der Waals surface area contributed by atoms with Gasteiger partial charge >= 0.3 is 6.01 Å². The normalized spacial score (nSPS) is 27.1. The summed E-state index contributed by atoms with van der Waals surface area (Å²) in [5.74, 6) is 2.14. The van der Waals surface area contributed by atoms with Gasteiger partial charge in [0, 0.05) is 12.1 Å². The van der Waals surface area contributed by atoms with Gasteiger partial charge in [0.1, 0.15) is 0 Å². The lowest BCUT2D eigenvalue weighted by atomic mass is 9.94. The second-order valence-electron chi connectivity index (χ2n) is 5.89. The van der Waals surface area contributed by atoms with Gasteiger partial charge in [-0.15, -0.1) is 5.10 Å². The number of anilines is 1. The van der Waals surface area contributed by atoms with E-state index in [1.807, 2.05) is 0 Å². The molecule has 1 fully saturated rings. The quantitative estimate of drug-likeness (QED) is 0.829. The monoisotopic (exact) mass is 266 g/mol. The number of rotatable bonds is 6. The minimum absolute atomic E-state index is 0.420. The molecule has 1 saturated carbocycles. The summed E-state index contributed by atoms with van der Waals surface area (Å²) in [6.45, 7) is 9.41. The molecule has 1 aliphatic rings. The summed E-state index contributed by atoms with van der Waals surface area (Å²) in [4.78, 5) is 0. The standard InChI is InChI=1S/C14H26N4O/c1-5-11-6-7-12(10(11)4)16-14-18-17-13(19-14)8-15-9(2)3/h9-12,15H,5-8H2,1-4H3,(H,16,18). The molecule has 5 heteroatoms. The molecule has 1 aromatic rings. The summed E-state index contributed by atoms with van der Waals surface area (Å²) in [6, 6.07) is 1.45. The summed E-state index contributed by atoms with van der Waals surface area (Å²) in [7, 11) is 0. The van der Waals surface area contributed by atoms with Crippen molar-refractivity contribution in [1.29, 1.82) is 0 Å². The van der Waals surface area contributed by atoms with Gasteiger partial charge in [-0.1, -0.05) is 39.2 Å². The molecule has 2 rings (SSSR count). The Morgan fingerprint density at radius 2 is 2.11 bits per heavy atom. The number of nitrogens with zero attached hydrogens (tertiary/aromatic N) is 2. The Morgan fingerprint density at radius 1 is 1.32 bits per heavy atom. The molecule has 5 nitrogen and oxygen atoms in total. The summed E-state index contributed by atoms with van der Waals surface area (Å²) >= 11 is 0. The zero-order chi connectivity index (χ0) is 13.8. The van der Waals surface area contributed by atoms with Gasteiger partial charge in [-0.2, -0.15) is 0 Å². The van der Waals surface area contributed by atoms with Gasteiger partial charge in [-0.05, 0) is 24.7 Å². The van der Waals surface area contributed by atoms with Crippen LogP contribution in [0.3, 0.4) is 0 Å². The number of aromatic nitrogens is 2. The average Bonchev–Trinajstić information content (AvgIpc) is 2.96. The zero-order valence-corrected chi connectivity index (χ0v) is 12.4. The Hall–Kier alpha value is -1.10. The van der Waals surface area contributed by atoms with Crippen molar-refractivity contribution in [2.45, 2.75) is 65.6 Å². The molecule has 0 bridgehead atoms. The minimum Gasteiger partial charge on any atom is -0.407 e. The zero-order valence-electron chi connectivity index (χ0n) is 12.4. The van der Waals surface area contributed by atoms with Crippen molar-refractivity contribution in [3.63, 3.8) is 0 Å². The van der Waals surface area contributed by atoms with E-state index in [2.05, 4.69) is 48.5 Å². The minimum atomic E-state index is 0.420. The van der Waals surface area contributed by atoms with E-state index in [0.29, 0.717) is 36.5 Å². The molecule has 0 amide bonds. The summed E-state index contributed by atoms with van der Waals surface area (Å²) in [5, 5.41) is 14.8. The molecule has 0 aromatic carbocycles. The van der Waals surface area contributed by atoms with Crippen LogP contribution in [0.5, 0.6) is 0 Å². The molecule has 1 heterocycles. The van der Waals surface area contributed by atoms with E-state index in [9.17, 15) is 0 Å². The van der Waals surface area contributed by atoms with Crippen molar-refractivity contribution >= 4 is 6.01 Å². The fourth-order valence-corrected chi connectivity index (χ4v) is 2.86. The van der Waals surface area contributed by atoms with E-state index in [1.165, 1.54) is 19.3 Å². The topological polar surface area (TPSA) is 63.0 Å². The number of hydrogen-bond donors (Lipinski definition) is 2. The first-order valence-electron chi connectivity index (χ1n) is 7.42. The molecule has 3 unspecified atom stereocenters. The lowest BCUT2D eigenvalue weighted by Crippen LogP contribution is -2.24. The summed E-state index contributed by atoms with van der Waals surface area (Å²) in [5.41, 5.74) is 0. The van der Waals surface area contributed by atoms with Crippen molar-refractivity contribution in [3.05, 3.63) is 5.89 Å². The predicted octanol–water partition coefficient (Wildman–Crippen LogP) is 2.80. The summed E-state index contributed by atoms with van der Waals surface area (Å²) < 4.78 is 5.62. The Kier molecular flexibility index (Phi) is 4.80. The van der Waals surface area contributed by atoms with Crippen LogP contribution >= 0.6 is 0 Å². The van der Waals surface area contributed by atoms with Crippen molar-refractivity contribution in [3.8, 4) is 0 Å². The van der Waals surface area contributed by atoms with Crippen LogP contribution < -0.4 is 10.6 Å². The van der Waals surface area contributed by atoms with Crippen LogP contribution in [0.25, 0.3) is 0 Å². The molecule has 1 aromatic heterocycles. The van der Waals surface area contributed by atoms with Crippen LogP contribution in [-0.4, -0.2) is 22.3 Å². The van der Waals surface area contributed by atoms with E-state index in [0.717, 1.165) is 5.92 Å². The van der Waals surface area contributed by atoms with Crippen LogP contribution in [-0.2, 0) is 6.54 Å². The third-order valence-corrected chi connectivity index (χ3v) is 4.19. The largest absolute Gasteiger partial charge is 0.407 e. The molecule has 0 spiro atoms. The van der Waals surface area contributed by atoms with E-state index < -0.39 is 0 Å². The Labute approximate surface area is 115 Å². The smallest absolute Gasteiger partial charge is 0.315 e. The van der Waals surface area contributed by atoms with Gasteiger partial charge in [-0.25, -0.2) is 0 Å². The molecule has 0 aliphatic heterocycles. The highest BCUT2D eigenvalue weighted by molar-refractivity contribution is 5.21. The molecular weight excluding hydrogens is 240 g/mol. The number of hydrogen-bond acceptors (Lipinski definition) is 5. The predicted molar refractivity (Wildman–Crippen MR) is 75.9 cm³/mol. The first-order chi connectivity index (χ1) is 9.10. The maximum atomic E-state index is 5.62. The maximum absolute atomic E-state index is 5.62. The van der Waals surface area contributed by atoms with E-state index >= 15 is 0 Å². The first kappa shape index (κ1) is 14.3. The van der Waals surface area contributed by atoms with Gasteiger partial charge < -0.3 is 15.1 Å². The molecule has 3 atom stereocenters. The van der Waals surface area contributed by atoms with Crippen LogP contribution in [0.4, 0.5) is 6.01 Å². The molecular formula is C14H26N4O.